The van der Waals surface area contributed by atoms with Crippen molar-refractivity contribution >= 4 is 23.4 Å². The first-order valence-electron chi connectivity index (χ1n) is 9.11. The second kappa shape index (κ2) is 9.75. The molecule has 3 aromatic rings. The lowest BCUT2D eigenvalue weighted by molar-refractivity contribution is -0.116. The monoisotopic (exact) mass is 407 g/mol. The number of carbonyl (C=O) groups excluding carboxylic acids is 1. The molecular formula is C21H21N5O2S. The van der Waals surface area contributed by atoms with Gasteiger partial charge in [-0.3, -0.25) is 9.69 Å². The first kappa shape index (κ1) is 20.4. The average Bonchev–Trinajstić information content (AvgIpc) is 3.19. The van der Waals surface area contributed by atoms with Crippen molar-refractivity contribution in [2.75, 3.05) is 24.3 Å². The molecule has 1 aromatic heterocycles. The summed E-state index contributed by atoms with van der Waals surface area (Å²) in [7, 11) is 1.62. The summed E-state index contributed by atoms with van der Waals surface area (Å²) in [6.07, 6.45) is 0. The largest absolute Gasteiger partial charge is 0.496 e. The number of aromatic nitrogens is 3. The molecule has 1 amide bonds. The van der Waals surface area contributed by atoms with Crippen LogP contribution in [0.4, 0.5) is 5.69 Å². The molecule has 0 bridgehead atoms. The van der Waals surface area contributed by atoms with Crippen LogP contribution in [0.25, 0.3) is 11.4 Å². The molecule has 0 spiro atoms. The van der Waals surface area contributed by atoms with Gasteiger partial charge >= 0.3 is 0 Å². The zero-order valence-electron chi connectivity index (χ0n) is 16.3. The van der Waals surface area contributed by atoms with Crippen molar-refractivity contribution in [2.24, 2.45) is 0 Å². The molecule has 0 saturated carbocycles. The van der Waals surface area contributed by atoms with Crippen LogP contribution in [-0.2, 0) is 11.3 Å². The summed E-state index contributed by atoms with van der Waals surface area (Å²) in [6.45, 7) is 2.65. The molecule has 7 nitrogen and oxygen atoms in total. The quantitative estimate of drug-likeness (QED) is 0.419. The van der Waals surface area contributed by atoms with Crippen LogP contribution in [0.15, 0.2) is 59.8 Å². The van der Waals surface area contributed by atoms with E-state index in [1.165, 1.54) is 16.7 Å². The standard InChI is InChI=1S/C21H21N5O2S/c1-3-25-20(17-11-7-8-12-18(17)28-2)23-24-21(25)29-15-19(27)26(14-13-22)16-9-5-4-6-10-16/h4-12H,3,14-15H2,1-2H3. The Bertz CT molecular complexity index is 1010. The predicted molar refractivity (Wildman–Crippen MR) is 113 cm³/mol. The Kier molecular flexibility index (Phi) is 6.87. The zero-order chi connectivity index (χ0) is 20.6. The van der Waals surface area contributed by atoms with E-state index in [2.05, 4.69) is 16.3 Å². The third-order valence-corrected chi connectivity index (χ3v) is 5.25. The first-order chi connectivity index (χ1) is 14.2. The second-order valence-corrected chi connectivity index (χ2v) is 6.96. The van der Waals surface area contributed by atoms with Gasteiger partial charge < -0.3 is 9.30 Å². The Labute approximate surface area is 173 Å². The van der Waals surface area contributed by atoms with E-state index in [-0.39, 0.29) is 18.2 Å². The summed E-state index contributed by atoms with van der Waals surface area (Å²) < 4.78 is 7.39. The molecule has 0 N–H and O–H groups in total. The lowest BCUT2D eigenvalue weighted by Gasteiger charge is -2.19. The van der Waals surface area contributed by atoms with E-state index in [1.807, 2.05) is 66.1 Å². The van der Waals surface area contributed by atoms with Crippen molar-refractivity contribution in [3.8, 4) is 23.2 Å². The number of para-hydroxylation sites is 2. The normalized spacial score (nSPS) is 10.4. The number of nitriles is 1. The van der Waals surface area contributed by atoms with Gasteiger partial charge in [-0.1, -0.05) is 42.1 Å². The molecule has 0 aliphatic rings. The number of methoxy groups -OCH3 is 1. The molecule has 148 valence electrons. The number of carbonyl (C=O) groups is 1. The Morgan fingerprint density at radius 2 is 1.90 bits per heavy atom. The Hall–Kier alpha value is -3.31. The van der Waals surface area contributed by atoms with Crippen LogP contribution < -0.4 is 9.64 Å². The fourth-order valence-corrected chi connectivity index (χ4v) is 3.79. The third-order valence-electron chi connectivity index (χ3n) is 4.30. The number of hydrogen-bond acceptors (Lipinski definition) is 6. The van der Waals surface area contributed by atoms with Crippen LogP contribution in [0.5, 0.6) is 5.75 Å². The number of thioether (sulfide) groups is 1. The van der Waals surface area contributed by atoms with Gasteiger partial charge in [0, 0.05) is 12.2 Å². The Morgan fingerprint density at radius 3 is 2.59 bits per heavy atom. The van der Waals surface area contributed by atoms with E-state index >= 15 is 0 Å². The summed E-state index contributed by atoms with van der Waals surface area (Å²) in [5.41, 5.74) is 1.55. The number of nitrogens with zero attached hydrogens (tertiary/aromatic N) is 5. The number of hydrogen-bond donors (Lipinski definition) is 0. The first-order valence-corrected chi connectivity index (χ1v) is 10.1. The number of anilines is 1. The van der Waals surface area contributed by atoms with Gasteiger partial charge in [-0.25, -0.2) is 0 Å². The van der Waals surface area contributed by atoms with E-state index in [0.717, 1.165) is 5.56 Å². The number of rotatable bonds is 8. The fraction of sp³-hybridized carbons (Fsp3) is 0.238. The van der Waals surface area contributed by atoms with Crippen LogP contribution in [0, 0.1) is 11.3 Å². The van der Waals surface area contributed by atoms with Crippen molar-refractivity contribution < 1.29 is 9.53 Å². The highest BCUT2D eigenvalue weighted by molar-refractivity contribution is 7.99. The molecule has 3 rings (SSSR count). The minimum Gasteiger partial charge on any atom is -0.496 e. The molecular weight excluding hydrogens is 386 g/mol. The average molecular weight is 407 g/mol. The molecule has 0 fully saturated rings. The van der Waals surface area contributed by atoms with Gasteiger partial charge in [0.05, 0.1) is 24.5 Å². The lowest BCUT2D eigenvalue weighted by Crippen LogP contribution is -2.32. The van der Waals surface area contributed by atoms with E-state index in [1.54, 1.807) is 7.11 Å². The van der Waals surface area contributed by atoms with Gasteiger partial charge in [-0.15, -0.1) is 10.2 Å². The molecule has 1 heterocycles. The summed E-state index contributed by atoms with van der Waals surface area (Å²) in [4.78, 5) is 14.2. The molecule has 2 aromatic carbocycles. The van der Waals surface area contributed by atoms with Gasteiger partial charge in [0.15, 0.2) is 11.0 Å². The van der Waals surface area contributed by atoms with Crippen LogP contribution in [0.3, 0.4) is 0 Å². The van der Waals surface area contributed by atoms with Gasteiger partial charge in [-0.2, -0.15) is 5.26 Å². The van der Waals surface area contributed by atoms with Crippen molar-refractivity contribution in [3.63, 3.8) is 0 Å². The van der Waals surface area contributed by atoms with E-state index in [0.29, 0.717) is 29.0 Å². The molecule has 0 aliphatic heterocycles. The molecule has 0 aliphatic carbocycles. The Balaban J connectivity index is 1.80. The lowest BCUT2D eigenvalue weighted by atomic mass is 10.2. The number of ether oxygens (including phenoxy) is 1. The van der Waals surface area contributed by atoms with Gasteiger partial charge in [0.2, 0.25) is 5.91 Å². The molecule has 29 heavy (non-hydrogen) atoms. The highest BCUT2D eigenvalue weighted by Crippen LogP contribution is 2.31. The van der Waals surface area contributed by atoms with Gasteiger partial charge in [0.1, 0.15) is 12.3 Å². The van der Waals surface area contributed by atoms with Crippen molar-refractivity contribution in [3.05, 3.63) is 54.6 Å². The van der Waals surface area contributed by atoms with Crippen LogP contribution >= 0.6 is 11.8 Å². The topological polar surface area (TPSA) is 84.0 Å². The van der Waals surface area contributed by atoms with Crippen LogP contribution in [0.1, 0.15) is 6.92 Å². The number of amides is 1. The molecule has 0 radical (unpaired) electrons. The third kappa shape index (κ3) is 4.58. The highest BCUT2D eigenvalue weighted by atomic mass is 32.2. The fourth-order valence-electron chi connectivity index (χ4n) is 2.92. The van der Waals surface area contributed by atoms with E-state index in [9.17, 15) is 4.79 Å². The Morgan fingerprint density at radius 1 is 1.17 bits per heavy atom. The summed E-state index contributed by atoms with van der Waals surface area (Å²) in [5.74, 6) is 1.40. The maximum atomic E-state index is 12.8. The predicted octanol–water partition coefficient (Wildman–Crippen LogP) is 3.62. The van der Waals surface area contributed by atoms with Crippen molar-refractivity contribution in [1.29, 1.82) is 5.26 Å². The van der Waals surface area contributed by atoms with Crippen molar-refractivity contribution in [1.82, 2.24) is 14.8 Å². The highest BCUT2D eigenvalue weighted by Gasteiger charge is 2.20. The minimum atomic E-state index is -0.160. The maximum Gasteiger partial charge on any atom is 0.238 e. The van der Waals surface area contributed by atoms with E-state index < -0.39 is 0 Å². The minimum absolute atomic E-state index is 0.00363. The van der Waals surface area contributed by atoms with Crippen LogP contribution in [0.2, 0.25) is 0 Å². The van der Waals surface area contributed by atoms with Crippen molar-refractivity contribution in [2.45, 2.75) is 18.6 Å². The molecule has 8 heteroatoms. The summed E-state index contributed by atoms with van der Waals surface area (Å²) in [5, 5.41) is 18.3. The molecule has 0 saturated heterocycles. The molecule has 0 unspecified atom stereocenters. The van der Waals surface area contributed by atoms with Gasteiger partial charge in [0.25, 0.3) is 0 Å². The summed E-state index contributed by atoms with van der Waals surface area (Å²) in [6, 6.07) is 18.9. The number of benzene rings is 2. The zero-order valence-corrected chi connectivity index (χ0v) is 17.1. The van der Waals surface area contributed by atoms with Gasteiger partial charge in [-0.05, 0) is 31.2 Å². The second-order valence-electron chi connectivity index (χ2n) is 6.01. The van der Waals surface area contributed by atoms with E-state index in [4.69, 9.17) is 10.00 Å². The molecule has 0 atom stereocenters. The smallest absolute Gasteiger partial charge is 0.238 e. The van der Waals surface area contributed by atoms with Crippen LogP contribution in [-0.4, -0.2) is 40.1 Å². The summed E-state index contributed by atoms with van der Waals surface area (Å²) >= 11 is 1.31. The SMILES string of the molecule is CCn1c(SCC(=O)N(CC#N)c2ccccc2)nnc1-c1ccccc1OC. The maximum absolute atomic E-state index is 12.8.